The molecule has 0 amide bonds. The number of carboxylic acid groups (broad SMARTS) is 1. The van der Waals surface area contributed by atoms with Crippen LogP contribution in [0.5, 0.6) is 0 Å². The van der Waals surface area contributed by atoms with Gasteiger partial charge in [0.1, 0.15) is 13.2 Å². The summed E-state index contributed by atoms with van der Waals surface area (Å²) in [4.78, 5) is 34.2. The Morgan fingerprint density at radius 1 is 1.29 bits per heavy atom. The first kappa shape index (κ1) is 16.9. The molecule has 21 heavy (non-hydrogen) atoms. The van der Waals surface area contributed by atoms with E-state index in [1.54, 1.807) is 6.08 Å². The van der Waals surface area contributed by atoms with Crippen LogP contribution in [-0.4, -0.2) is 36.2 Å². The van der Waals surface area contributed by atoms with E-state index < -0.39 is 23.8 Å². The fraction of sp³-hybridized carbons (Fsp3) is 0.533. The second kappa shape index (κ2) is 7.61. The molecule has 6 heteroatoms. The molecule has 0 saturated heterocycles. The van der Waals surface area contributed by atoms with Crippen molar-refractivity contribution in [2.75, 3.05) is 13.2 Å². The summed E-state index contributed by atoms with van der Waals surface area (Å²) >= 11 is 0. The molecule has 1 aliphatic rings. The quantitative estimate of drug-likeness (QED) is 0.456. The maximum atomic E-state index is 11.9. The van der Waals surface area contributed by atoms with Gasteiger partial charge in [-0.3, -0.25) is 4.79 Å². The van der Waals surface area contributed by atoms with Crippen molar-refractivity contribution in [2.24, 2.45) is 11.8 Å². The van der Waals surface area contributed by atoms with Crippen LogP contribution < -0.4 is 0 Å². The van der Waals surface area contributed by atoms with Crippen molar-refractivity contribution < 1.29 is 29.0 Å². The third-order valence-electron chi connectivity index (χ3n) is 3.18. The Hall–Kier alpha value is -2.11. The lowest BCUT2D eigenvalue weighted by Crippen LogP contribution is -2.27. The minimum absolute atomic E-state index is 0.0853. The second-order valence-electron chi connectivity index (χ2n) is 5.12. The summed E-state index contributed by atoms with van der Waals surface area (Å²) in [6.07, 6.45) is 2.79. The van der Waals surface area contributed by atoms with Crippen molar-refractivity contribution in [3.8, 4) is 0 Å². The molecule has 0 fully saturated rings. The number of aliphatic carboxylic acids is 1. The van der Waals surface area contributed by atoms with Crippen molar-refractivity contribution >= 4 is 17.9 Å². The molecule has 116 valence electrons. The van der Waals surface area contributed by atoms with E-state index in [9.17, 15) is 14.4 Å². The van der Waals surface area contributed by atoms with Gasteiger partial charge in [-0.05, 0) is 25.7 Å². The topological polar surface area (TPSA) is 89.9 Å². The standard InChI is InChI=1S/C15H20O6/c1-9(2)14(18)20-6-7-21-15(19)12-8-10(3)4-5-11(12)13(16)17/h8,10-11H,1,4-7H2,2-3H3,(H,16,17). The van der Waals surface area contributed by atoms with E-state index in [0.717, 1.165) is 6.42 Å². The Morgan fingerprint density at radius 2 is 1.90 bits per heavy atom. The van der Waals surface area contributed by atoms with Crippen LogP contribution in [0.3, 0.4) is 0 Å². The predicted octanol–water partition coefficient (Wildman–Crippen LogP) is 1.71. The number of ether oxygens (including phenoxy) is 2. The summed E-state index contributed by atoms with van der Waals surface area (Å²) in [7, 11) is 0. The molecule has 0 spiro atoms. The lowest BCUT2D eigenvalue weighted by atomic mass is 9.83. The van der Waals surface area contributed by atoms with Crippen molar-refractivity contribution in [3.05, 3.63) is 23.8 Å². The normalized spacial score (nSPS) is 21.1. The van der Waals surface area contributed by atoms with Crippen molar-refractivity contribution in [1.82, 2.24) is 0 Å². The second-order valence-corrected chi connectivity index (χ2v) is 5.12. The Bertz CT molecular complexity index is 477. The largest absolute Gasteiger partial charge is 0.481 e. The van der Waals surface area contributed by atoms with Gasteiger partial charge in [0, 0.05) is 11.1 Å². The first-order valence-corrected chi connectivity index (χ1v) is 6.77. The molecule has 0 bridgehead atoms. The molecule has 0 aromatic rings. The number of hydrogen-bond donors (Lipinski definition) is 1. The van der Waals surface area contributed by atoms with Crippen LogP contribution in [0, 0.1) is 11.8 Å². The van der Waals surface area contributed by atoms with E-state index in [4.69, 9.17) is 14.6 Å². The number of carbonyl (C=O) groups excluding carboxylic acids is 2. The molecule has 0 aromatic heterocycles. The van der Waals surface area contributed by atoms with Gasteiger partial charge in [-0.25, -0.2) is 9.59 Å². The van der Waals surface area contributed by atoms with E-state index in [1.807, 2.05) is 6.92 Å². The fourth-order valence-electron chi connectivity index (χ4n) is 2.03. The predicted molar refractivity (Wildman–Crippen MR) is 74.3 cm³/mol. The summed E-state index contributed by atoms with van der Waals surface area (Å²) in [5.41, 5.74) is 0.434. The SMILES string of the molecule is C=C(C)C(=O)OCCOC(=O)C1=CC(C)CCC1C(=O)O. The van der Waals surface area contributed by atoms with Crippen LogP contribution in [0.4, 0.5) is 0 Å². The van der Waals surface area contributed by atoms with Crippen LogP contribution >= 0.6 is 0 Å². The molecule has 0 aliphatic heterocycles. The zero-order valence-corrected chi connectivity index (χ0v) is 12.3. The fourth-order valence-corrected chi connectivity index (χ4v) is 2.03. The molecular formula is C15H20O6. The van der Waals surface area contributed by atoms with E-state index in [-0.39, 0.29) is 30.3 Å². The highest BCUT2D eigenvalue weighted by Gasteiger charge is 2.32. The van der Waals surface area contributed by atoms with E-state index in [1.165, 1.54) is 6.92 Å². The molecule has 6 nitrogen and oxygen atoms in total. The molecule has 0 saturated carbocycles. The zero-order chi connectivity index (χ0) is 16.0. The lowest BCUT2D eigenvalue weighted by molar-refractivity contribution is -0.149. The lowest BCUT2D eigenvalue weighted by Gasteiger charge is -2.23. The molecular weight excluding hydrogens is 276 g/mol. The third-order valence-corrected chi connectivity index (χ3v) is 3.18. The minimum Gasteiger partial charge on any atom is -0.481 e. The van der Waals surface area contributed by atoms with Gasteiger partial charge >= 0.3 is 17.9 Å². The Labute approximate surface area is 123 Å². The summed E-state index contributed by atoms with van der Waals surface area (Å²) < 4.78 is 9.75. The molecule has 1 N–H and O–H groups in total. The molecule has 1 rings (SSSR count). The van der Waals surface area contributed by atoms with Crippen LogP contribution in [0.15, 0.2) is 23.8 Å². The van der Waals surface area contributed by atoms with Gasteiger partial charge in [-0.1, -0.05) is 19.6 Å². The van der Waals surface area contributed by atoms with Gasteiger partial charge in [-0.2, -0.15) is 0 Å². The van der Waals surface area contributed by atoms with Crippen LogP contribution in [-0.2, 0) is 23.9 Å². The van der Waals surface area contributed by atoms with Gasteiger partial charge in [-0.15, -0.1) is 0 Å². The van der Waals surface area contributed by atoms with Crippen molar-refractivity contribution in [2.45, 2.75) is 26.7 Å². The first-order valence-electron chi connectivity index (χ1n) is 6.77. The molecule has 0 aromatic carbocycles. The summed E-state index contributed by atoms with van der Waals surface area (Å²) in [6.45, 7) is 6.65. The highest BCUT2D eigenvalue weighted by molar-refractivity contribution is 5.95. The molecule has 1 aliphatic carbocycles. The average Bonchev–Trinajstić information content (AvgIpc) is 2.42. The number of carbonyl (C=O) groups is 3. The van der Waals surface area contributed by atoms with Crippen molar-refractivity contribution in [1.29, 1.82) is 0 Å². The van der Waals surface area contributed by atoms with E-state index in [2.05, 4.69) is 6.58 Å². The molecule has 2 atom stereocenters. The first-order chi connectivity index (χ1) is 9.82. The maximum absolute atomic E-state index is 11.9. The smallest absolute Gasteiger partial charge is 0.334 e. The van der Waals surface area contributed by atoms with Gasteiger partial charge in [0.05, 0.1) is 5.92 Å². The van der Waals surface area contributed by atoms with Crippen LogP contribution in [0.25, 0.3) is 0 Å². The highest BCUT2D eigenvalue weighted by Crippen LogP contribution is 2.29. The number of hydrogen-bond acceptors (Lipinski definition) is 5. The third kappa shape index (κ3) is 5.06. The summed E-state index contributed by atoms with van der Waals surface area (Å²) in [5, 5.41) is 9.12. The molecule has 0 radical (unpaired) electrons. The number of allylic oxidation sites excluding steroid dienone is 1. The van der Waals surface area contributed by atoms with E-state index in [0.29, 0.717) is 6.42 Å². The van der Waals surface area contributed by atoms with Crippen molar-refractivity contribution in [3.63, 3.8) is 0 Å². The van der Waals surface area contributed by atoms with E-state index >= 15 is 0 Å². The monoisotopic (exact) mass is 296 g/mol. The van der Waals surface area contributed by atoms with Gasteiger partial charge < -0.3 is 14.6 Å². The summed E-state index contributed by atoms with van der Waals surface area (Å²) in [5.74, 6) is -2.94. The number of carboxylic acids is 1. The number of rotatable bonds is 6. The number of esters is 2. The molecule has 0 heterocycles. The van der Waals surface area contributed by atoms with Gasteiger partial charge in [0.2, 0.25) is 0 Å². The Morgan fingerprint density at radius 3 is 2.48 bits per heavy atom. The molecule has 2 unspecified atom stereocenters. The highest BCUT2D eigenvalue weighted by atomic mass is 16.6. The maximum Gasteiger partial charge on any atom is 0.334 e. The minimum atomic E-state index is -1.03. The van der Waals surface area contributed by atoms with Gasteiger partial charge in [0.25, 0.3) is 0 Å². The Balaban J connectivity index is 2.51. The van der Waals surface area contributed by atoms with Crippen LogP contribution in [0.1, 0.15) is 26.7 Å². The zero-order valence-electron chi connectivity index (χ0n) is 12.3. The average molecular weight is 296 g/mol. The van der Waals surface area contributed by atoms with Crippen LogP contribution in [0.2, 0.25) is 0 Å². The summed E-state index contributed by atoms with van der Waals surface area (Å²) in [6, 6.07) is 0. The van der Waals surface area contributed by atoms with Gasteiger partial charge in [0.15, 0.2) is 0 Å². The Kier molecular flexibility index (Phi) is 6.14.